The first-order valence-corrected chi connectivity index (χ1v) is 10.7. The number of carbonyl (C=O) groups excluding carboxylic acids is 1. The molecule has 0 saturated carbocycles. The number of thioether (sulfide) groups is 1. The van der Waals surface area contributed by atoms with Gasteiger partial charge in [-0.05, 0) is 12.0 Å². The Balaban J connectivity index is 1.45. The Bertz CT molecular complexity index is 864. The van der Waals surface area contributed by atoms with E-state index in [0.29, 0.717) is 10.9 Å². The summed E-state index contributed by atoms with van der Waals surface area (Å²) < 4.78 is 0. The summed E-state index contributed by atoms with van der Waals surface area (Å²) in [6.07, 6.45) is 0.982. The molecule has 1 aliphatic heterocycles. The first-order chi connectivity index (χ1) is 12.8. The molecule has 1 fully saturated rings. The lowest BCUT2D eigenvalue weighted by atomic mass is 10.1. The number of aromatic nitrogens is 1. The Morgan fingerprint density at radius 1 is 1.00 bits per heavy atom. The third kappa shape index (κ3) is 3.84. The van der Waals surface area contributed by atoms with Gasteiger partial charge in [0.05, 0.1) is 0 Å². The van der Waals surface area contributed by atoms with Crippen molar-refractivity contribution in [1.82, 2.24) is 9.88 Å². The lowest BCUT2D eigenvalue weighted by molar-refractivity contribution is 0.0761. The molecule has 1 atom stereocenters. The first kappa shape index (κ1) is 17.3. The van der Waals surface area contributed by atoms with Crippen LogP contribution in [0.25, 0.3) is 10.6 Å². The number of hydrogen-bond acceptors (Lipinski definition) is 4. The quantitative estimate of drug-likeness (QED) is 0.631. The minimum absolute atomic E-state index is 0.0535. The molecule has 2 heterocycles. The van der Waals surface area contributed by atoms with E-state index in [1.807, 2.05) is 58.4 Å². The molecule has 5 heteroatoms. The highest BCUT2D eigenvalue weighted by atomic mass is 32.2. The number of carbonyl (C=O) groups is 1. The lowest BCUT2D eigenvalue weighted by Gasteiger charge is -2.19. The van der Waals surface area contributed by atoms with E-state index in [1.165, 1.54) is 16.9 Å². The van der Waals surface area contributed by atoms with E-state index in [2.05, 4.69) is 29.2 Å². The van der Waals surface area contributed by atoms with Crippen LogP contribution in [0.4, 0.5) is 0 Å². The normalized spacial score (nSPS) is 17.7. The zero-order chi connectivity index (χ0) is 17.8. The van der Waals surface area contributed by atoms with Crippen molar-refractivity contribution >= 4 is 29.0 Å². The van der Waals surface area contributed by atoms with Crippen LogP contribution in [0.1, 0.15) is 27.7 Å². The van der Waals surface area contributed by atoms with Gasteiger partial charge in [0.1, 0.15) is 10.7 Å². The molecule has 0 radical (unpaired) electrons. The molecule has 0 aliphatic carbocycles. The molecule has 132 valence electrons. The average Bonchev–Trinajstić information content (AvgIpc) is 3.07. The molecule has 4 rings (SSSR count). The van der Waals surface area contributed by atoms with Gasteiger partial charge >= 0.3 is 0 Å². The number of thiazole rings is 1. The number of benzene rings is 2. The molecule has 0 spiro atoms. The van der Waals surface area contributed by atoms with Gasteiger partial charge in [0.25, 0.3) is 5.91 Å². The molecule has 1 aliphatic rings. The Labute approximate surface area is 162 Å². The molecule has 26 heavy (non-hydrogen) atoms. The van der Waals surface area contributed by atoms with Crippen molar-refractivity contribution in [2.45, 2.75) is 11.7 Å². The summed E-state index contributed by atoms with van der Waals surface area (Å²) in [7, 11) is 0. The monoisotopic (exact) mass is 380 g/mol. The standard InChI is InChI=1S/C21H20N2OS2/c24-21(18-15-26-20(22-18)17-9-5-2-6-10-17)23-12-11-19(25-14-13-23)16-7-3-1-4-8-16/h1-10,15,19H,11-14H2/t19-/m1/s1. The molecule has 0 unspecified atom stereocenters. The van der Waals surface area contributed by atoms with Crippen LogP contribution in [-0.2, 0) is 0 Å². The summed E-state index contributed by atoms with van der Waals surface area (Å²) >= 11 is 3.48. The lowest BCUT2D eigenvalue weighted by Crippen LogP contribution is -2.33. The van der Waals surface area contributed by atoms with Gasteiger partial charge in [-0.15, -0.1) is 11.3 Å². The highest BCUT2D eigenvalue weighted by molar-refractivity contribution is 7.99. The number of nitrogens with zero attached hydrogens (tertiary/aromatic N) is 2. The largest absolute Gasteiger partial charge is 0.336 e. The van der Waals surface area contributed by atoms with Crippen LogP contribution in [-0.4, -0.2) is 34.6 Å². The van der Waals surface area contributed by atoms with Crippen molar-refractivity contribution in [3.8, 4) is 10.6 Å². The summed E-state index contributed by atoms with van der Waals surface area (Å²) in [5, 5.41) is 3.25. The van der Waals surface area contributed by atoms with Crippen molar-refractivity contribution < 1.29 is 4.79 Å². The zero-order valence-corrected chi connectivity index (χ0v) is 16.0. The molecule has 1 amide bonds. The predicted molar refractivity (Wildman–Crippen MR) is 110 cm³/mol. The molecule has 1 saturated heterocycles. The van der Waals surface area contributed by atoms with Gasteiger partial charge in [-0.2, -0.15) is 11.8 Å². The number of amides is 1. The van der Waals surface area contributed by atoms with Gasteiger partial charge in [0.15, 0.2) is 0 Å². The van der Waals surface area contributed by atoms with Crippen molar-refractivity contribution in [1.29, 1.82) is 0 Å². The van der Waals surface area contributed by atoms with Crippen LogP contribution in [0.3, 0.4) is 0 Å². The fourth-order valence-corrected chi connectivity index (χ4v) is 5.19. The second kappa shape index (κ2) is 8.06. The number of rotatable bonds is 3. The van der Waals surface area contributed by atoms with E-state index in [9.17, 15) is 4.79 Å². The van der Waals surface area contributed by atoms with E-state index in [-0.39, 0.29) is 5.91 Å². The molecule has 0 N–H and O–H groups in total. The summed E-state index contributed by atoms with van der Waals surface area (Å²) in [6.45, 7) is 1.56. The van der Waals surface area contributed by atoms with Crippen molar-refractivity contribution in [2.24, 2.45) is 0 Å². The van der Waals surface area contributed by atoms with Gasteiger partial charge in [0.2, 0.25) is 0 Å². The van der Waals surface area contributed by atoms with Crippen LogP contribution in [0.5, 0.6) is 0 Å². The topological polar surface area (TPSA) is 33.2 Å². The summed E-state index contributed by atoms with van der Waals surface area (Å²) in [6, 6.07) is 20.6. The molecular formula is C21H20N2OS2. The Morgan fingerprint density at radius 3 is 2.50 bits per heavy atom. The average molecular weight is 381 g/mol. The Hall–Kier alpha value is -2.11. The second-order valence-electron chi connectivity index (χ2n) is 6.25. The fraction of sp³-hybridized carbons (Fsp3) is 0.238. The maximum absolute atomic E-state index is 12.9. The molecular weight excluding hydrogens is 360 g/mol. The van der Waals surface area contributed by atoms with E-state index >= 15 is 0 Å². The van der Waals surface area contributed by atoms with E-state index in [0.717, 1.165) is 35.8 Å². The number of hydrogen-bond donors (Lipinski definition) is 0. The van der Waals surface area contributed by atoms with Gasteiger partial charge in [-0.25, -0.2) is 4.98 Å². The van der Waals surface area contributed by atoms with Crippen LogP contribution in [0.15, 0.2) is 66.0 Å². The molecule has 2 aromatic carbocycles. The zero-order valence-electron chi connectivity index (χ0n) is 14.4. The van der Waals surface area contributed by atoms with Gasteiger partial charge in [-0.1, -0.05) is 60.7 Å². The summed E-state index contributed by atoms with van der Waals surface area (Å²) in [5.41, 5.74) is 2.98. The molecule has 0 bridgehead atoms. The van der Waals surface area contributed by atoms with Crippen molar-refractivity contribution in [3.63, 3.8) is 0 Å². The van der Waals surface area contributed by atoms with Gasteiger partial charge in [-0.3, -0.25) is 4.79 Å². The van der Waals surface area contributed by atoms with E-state index in [4.69, 9.17) is 0 Å². The third-order valence-electron chi connectivity index (χ3n) is 4.54. The highest BCUT2D eigenvalue weighted by Gasteiger charge is 2.24. The minimum Gasteiger partial charge on any atom is -0.336 e. The summed E-state index contributed by atoms with van der Waals surface area (Å²) in [4.78, 5) is 19.4. The maximum atomic E-state index is 12.9. The third-order valence-corrected chi connectivity index (χ3v) is 6.76. The molecule has 1 aromatic heterocycles. The first-order valence-electron chi connectivity index (χ1n) is 8.78. The van der Waals surface area contributed by atoms with Crippen LogP contribution < -0.4 is 0 Å². The minimum atomic E-state index is 0.0535. The molecule has 3 nitrogen and oxygen atoms in total. The van der Waals surface area contributed by atoms with Gasteiger partial charge in [0, 0.05) is 35.0 Å². The highest BCUT2D eigenvalue weighted by Crippen LogP contribution is 2.34. The second-order valence-corrected chi connectivity index (χ2v) is 8.42. The smallest absolute Gasteiger partial charge is 0.273 e. The predicted octanol–water partition coefficient (Wildman–Crippen LogP) is 5.13. The summed E-state index contributed by atoms with van der Waals surface area (Å²) in [5.74, 6) is 1.01. The fourth-order valence-electron chi connectivity index (χ4n) is 3.15. The molecule has 3 aromatic rings. The van der Waals surface area contributed by atoms with Gasteiger partial charge < -0.3 is 4.90 Å². The van der Waals surface area contributed by atoms with Crippen molar-refractivity contribution in [3.05, 3.63) is 77.3 Å². The van der Waals surface area contributed by atoms with E-state index in [1.54, 1.807) is 0 Å². The maximum Gasteiger partial charge on any atom is 0.273 e. The Kier molecular flexibility index (Phi) is 5.37. The van der Waals surface area contributed by atoms with Crippen LogP contribution in [0.2, 0.25) is 0 Å². The van der Waals surface area contributed by atoms with E-state index < -0.39 is 0 Å². The van der Waals surface area contributed by atoms with Crippen LogP contribution in [0, 0.1) is 0 Å². The SMILES string of the molecule is O=C(c1csc(-c2ccccc2)n1)N1CCS[C@@H](c2ccccc2)CC1. The Morgan fingerprint density at radius 2 is 1.73 bits per heavy atom. The van der Waals surface area contributed by atoms with Crippen molar-refractivity contribution in [2.75, 3.05) is 18.8 Å². The van der Waals surface area contributed by atoms with Crippen LogP contribution >= 0.6 is 23.1 Å².